The van der Waals surface area contributed by atoms with Crippen molar-refractivity contribution in [3.05, 3.63) is 0 Å². The summed E-state index contributed by atoms with van der Waals surface area (Å²) in [5, 5.41) is 20.3. The summed E-state index contributed by atoms with van der Waals surface area (Å²) in [6.07, 6.45) is 2.67. The van der Waals surface area contributed by atoms with E-state index in [1.54, 1.807) is 6.92 Å². The van der Waals surface area contributed by atoms with E-state index in [2.05, 4.69) is 21.3 Å². The van der Waals surface area contributed by atoms with Crippen LogP contribution in [0.4, 0.5) is 0 Å². The van der Waals surface area contributed by atoms with Crippen LogP contribution in [-0.2, 0) is 19.2 Å². The van der Waals surface area contributed by atoms with Crippen LogP contribution in [0.5, 0.6) is 0 Å². The van der Waals surface area contributed by atoms with E-state index in [0.717, 1.165) is 19.4 Å². The lowest BCUT2D eigenvalue weighted by molar-refractivity contribution is -0.143. The van der Waals surface area contributed by atoms with Gasteiger partial charge in [-0.05, 0) is 44.6 Å². The fourth-order valence-electron chi connectivity index (χ4n) is 3.22. The first-order valence-electron chi connectivity index (χ1n) is 10.4. The third kappa shape index (κ3) is 8.00. The third-order valence-electron chi connectivity index (χ3n) is 5.25. The molecule has 9 nitrogen and oxygen atoms in total. The number of hydrogen-bond donors (Lipinski definition) is 5. The number of nitrogens with one attached hydrogen (secondary N) is 4. The summed E-state index contributed by atoms with van der Waals surface area (Å²) in [5.74, 6) is -2.44. The van der Waals surface area contributed by atoms with Crippen LogP contribution in [0.15, 0.2) is 0 Å². The van der Waals surface area contributed by atoms with Crippen LogP contribution in [0.1, 0.15) is 60.3 Å². The number of amides is 3. The monoisotopic (exact) mass is 412 g/mol. The highest BCUT2D eigenvalue weighted by Crippen LogP contribution is 2.10. The van der Waals surface area contributed by atoms with E-state index in [1.807, 2.05) is 20.8 Å². The van der Waals surface area contributed by atoms with Crippen molar-refractivity contribution in [3.63, 3.8) is 0 Å². The summed E-state index contributed by atoms with van der Waals surface area (Å²) in [5.41, 5.74) is 0. The largest absolute Gasteiger partial charge is 0.480 e. The molecule has 0 spiro atoms. The molecule has 5 atom stereocenters. The van der Waals surface area contributed by atoms with Gasteiger partial charge in [0.05, 0.1) is 6.04 Å². The number of carbonyl (C=O) groups excluding carboxylic acids is 3. The molecule has 1 aliphatic heterocycles. The molecule has 9 heteroatoms. The lowest BCUT2D eigenvalue weighted by atomic mass is 9.99. The minimum atomic E-state index is -1.11. The van der Waals surface area contributed by atoms with Crippen LogP contribution < -0.4 is 21.3 Å². The van der Waals surface area contributed by atoms with Crippen LogP contribution in [0.2, 0.25) is 0 Å². The second kappa shape index (κ2) is 11.7. The van der Waals surface area contributed by atoms with Gasteiger partial charge >= 0.3 is 5.97 Å². The molecule has 5 unspecified atom stereocenters. The second-order valence-electron chi connectivity index (χ2n) is 8.28. The van der Waals surface area contributed by atoms with Gasteiger partial charge in [-0.3, -0.25) is 14.4 Å². The van der Waals surface area contributed by atoms with Crippen molar-refractivity contribution in [1.29, 1.82) is 0 Å². The van der Waals surface area contributed by atoms with Crippen molar-refractivity contribution < 1.29 is 24.3 Å². The Labute approximate surface area is 172 Å². The smallest absolute Gasteiger partial charge is 0.326 e. The van der Waals surface area contributed by atoms with Crippen molar-refractivity contribution in [3.8, 4) is 0 Å². The maximum absolute atomic E-state index is 12.7. The Hall–Kier alpha value is -2.16. The lowest BCUT2D eigenvalue weighted by Gasteiger charge is -2.25. The molecule has 1 saturated heterocycles. The van der Waals surface area contributed by atoms with Crippen molar-refractivity contribution in [1.82, 2.24) is 21.3 Å². The van der Waals surface area contributed by atoms with Gasteiger partial charge in [0.1, 0.15) is 18.1 Å². The maximum atomic E-state index is 12.7. The summed E-state index contributed by atoms with van der Waals surface area (Å²) < 4.78 is 0. The van der Waals surface area contributed by atoms with E-state index in [9.17, 15) is 24.3 Å². The molecule has 1 heterocycles. The number of carbonyl (C=O) groups is 4. The molecule has 0 saturated carbocycles. The highest BCUT2D eigenvalue weighted by Gasteiger charge is 2.31. The summed E-state index contributed by atoms with van der Waals surface area (Å²) in [7, 11) is 0. The van der Waals surface area contributed by atoms with Crippen LogP contribution in [0, 0.1) is 11.8 Å². The predicted octanol–water partition coefficient (Wildman–Crippen LogP) is 0.390. The third-order valence-corrected chi connectivity index (χ3v) is 5.25. The minimum Gasteiger partial charge on any atom is -0.480 e. The van der Waals surface area contributed by atoms with E-state index in [4.69, 9.17) is 0 Å². The standard InChI is InChI=1S/C20H36N4O5/c1-6-12(4)16(20(28)29)24-17(25)13(5)22-19(27)15(10-11(2)3)23-18(26)14-8-7-9-21-14/h11-16,21H,6-10H2,1-5H3,(H,22,27)(H,23,26)(H,24,25)(H,28,29). The first-order chi connectivity index (χ1) is 13.6. The molecule has 1 aliphatic rings. The van der Waals surface area contributed by atoms with E-state index < -0.39 is 35.9 Å². The van der Waals surface area contributed by atoms with Gasteiger partial charge in [-0.1, -0.05) is 34.1 Å². The van der Waals surface area contributed by atoms with Gasteiger partial charge in [0, 0.05) is 0 Å². The highest BCUT2D eigenvalue weighted by molar-refractivity contribution is 5.94. The quantitative estimate of drug-likeness (QED) is 0.333. The zero-order valence-electron chi connectivity index (χ0n) is 18.1. The second-order valence-corrected chi connectivity index (χ2v) is 8.28. The fourth-order valence-corrected chi connectivity index (χ4v) is 3.22. The van der Waals surface area contributed by atoms with Gasteiger partial charge in [0.25, 0.3) is 0 Å². The Kier molecular flexibility index (Phi) is 10.1. The normalized spacial score (nSPS) is 20.4. The molecular formula is C20H36N4O5. The minimum absolute atomic E-state index is 0.161. The average molecular weight is 413 g/mol. The van der Waals surface area contributed by atoms with Crippen molar-refractivity contribution in [2.45, 2.75) is 84.5 Å². The number of rotatable bonds is 11. The summed E-state index contributed by atoms with van der Waals surface area (Å²) in [4.78, 5) is 48.9. The Morgan fingerprint density at radius 1 is 1.03 bits per heavy atom. The molecule has 0 bridgehead atoms. The molecule has 0 aromatic heterocycles. The van der Waals surface area contributed by atoms with Crippen LogP contribution in [0.25, 0.3) is 0 Å². The Morgan fingerprint density at radius 3 is 2.17 bits per heavy atom. The number of carboxylic acids is 1. The Bertz CT molecular complexity index is 589. The van der Waals surface area contributed by atoms with E-state index in [-0.39, 0.29) is 23.8 Å². The Balaban J connectivity index is 2.72. The molecule has 1 rings (SSSR count). The zero-order chi connectivity index (χ0) is 22.1. The first-order valence-corrected chi connectivity index (χ1v) is 10.4. The van der Waals surface area contributed by atoms with E-state index in [0.29, 0.717) is 12.8 Å². The number of hydrogen-bond acceptors (Lipinski definition) is 5. The predicted molar refractivity (Wildman–Crippen MR) is 109 cm³/mol. The average Bonchev–Trinajstić information content (AvgIpc) is 3.18. The molecule has 5 N–H and O–H groups in total. The van der Waals surface area contributed by atoms with Crippen molar-refractivity contribution in [2.75, 3.05) is 6.54 Å². The van der Waals surface area contributed by atoms with Gasteiger partial charge in [0.2, 0.25) is 17.7 Å². The van der Waals surface area contributed by atoms with Gasteiger partial charge in [0.15, 0.2) is 0 Å². The molecule has 0 aliphatic carbocycles. The van der Waals surface area contributed by atoms with Gasteiger partial charge in [-0.2, -0.15) is 0 Å². The molecule has 0 radical (unpaired) electrons. The maximum Gasteiger partial charge on any atom is 0.326 e. The van der Waals surface area contributed by atoms with Gasteiger partial charge in [-0.15, -0.1) is 0 Å². The van der Waals surface area contributed by atoms with Crippen molar-refractivity contribution >= 4 is 23.7 Å². The number of aliphatic carboxylic acids is 1. The van der Waals surface area contributed by atoms with Gasteiger partial charge in [-0.25, -0.2) is 4.79 Å². The molecular weight excluding hydrogens is 376 g/mol. The van der Waals surface area contributed by atoms with Crippen molar-refractivity contribution in [2.24, 2.45) is 11.8 Å². The van der Waals surface area contributed by atoms with Crippen LogP contribution >= 0.6 is 0 Å². The molecule has 29 heavy (non-hydrogen) atoms. The summed E-state index contributed by atoms with van der Waals surface area (Å²) >= 11 is 0. The molecule has 0 aromatic rings. The SMILES string of the molecule is CCC(C)C(NC(=O)C(C)NC(=O)C(CC(C)C)NC(=O)C1CCCN1)C(=O)O. The Morgan fingerprint density at radius 2 is 1.69 bits per heavy atom. The first kappa shape index (κ1) is 24.9. The molecule has 0 aromatic carbocycles. The molecule has 166 valence electrons. The fraction of sp³-hybridized carbons (Fsp3) is 0.800. The van der Waals surface area contributed by atoms with E-state index in [1.165, 1.54) is 6.92 Å². The summed E-state index contributed by atoms with van der Waals surface area (Å²) in [6.45, 7) is 9.75. The topological polar surface area (TPSA) is 137 Å². The molecule has 3 amide bonds. The molecule has 1 fully saturated rings. The summed E-state index contributed by atoms with van der Waals surface area (Å²) in [6, 6.07) is -3.01. The van der Waals surface area contributed by atoms with Crippen LogP contribution in [-0.4, -0.2) is 59.5 Å². The van der Waals surface area contributed by atoms with Gasteiger partial charge < -0.3 is 26.4 Å². The number of carboxylic acid groups (broad SMARTS) is 1. The van der Waals surface area contributed by atoms with Crippen LogP contribution in [0.3, 0.4) is 0 Å². The highest BCUT2D eigenvalue weighted by atomic mass is 16.4. The van der Waals surface area contributed by atoms with E-state index >= 15 is 0 Å². The zero-order valence-corrected chi connectivity index (χ0v) is 18.1. The lowest BCUT2D eigenvalue weighted by Crippen LogP contribution is -2.57.